The maximum atomic E-state index is 11.4. The van der Waals surface area contributed by atoms with Gasteiger partial charge in [0.2, 0.25) is 5.91 Å². The molecule has 1 amide bonds. The van der Waals surface area contributed by atoms with Crippen molar-refractivity contribution in [3.8, 4) is 0 Å². The number of nitrogens with one attached hydrogen (secondary N) is 2. The van der Waals surface area contributed by atoms with Crippen molar-refractivity contribution in [2.45, 2.75) is 38.1 Å². The summed E-state index contributed by atoms with van der Waals surface area (Å²) >= 11 is 0. The molecule has 2 N–H and O–H groups in total. The van der Waals surface area contributed by atoms with Crippen LogP contribution in [0.4, 0.5) is 0 Å². The van der Waals surface area contributed by atoms with Crippen molar-refractivity contribution in [3.63, 3.8) is 0 Å². The number of hydrogen-bond donors (Lipinski definition) is 2. The molecule has 4 heteroatoms. The van der Waals surface area contributed by atoms with Crippen LogP contribution in [0.5, 0.6) is 0 Å². The second kappa shape index (κ2) is 4.75. The van der Waals surface area contributed by atoms with Gasteiger partial charge in [-0.15, -0.1) is 0 Å². The predicted octanol–water partition coefficient (Wildman–Crippen LogP) is 0.255. The van der Waals surface area contributed by atoms with Crippen molar-refractivity contribution in [3.05, 3.63) is 0 Å². The second-order valence-corrected chi connectivity index (χ2v) is 4.14. The number of hydrazine groups is 1. The van der Waals surface area contributed by atoms with Gasteiger partial charge in [0.1, 0.15) is 0 Å². The molecule has 2 aliphatic heterocycles. The van der Waals surface area contributed by atoms with Gasteiger partial charge in [-0.2, -0.15) is 0 Å². The number of carbonyl (C=O) groups excluding carboxylic acids is 1. The molecule has 0 aromatic rings. The van der Waals surface area contributed by atoms with Gasteiger partial charge in [0.05, 0.1) is 0 Å². The average molecular weight is 197 g/mol. The van der Waals surface area contributed by atoms with Crippen molar-refractivity contribution in [2.24, 2.45) is 0 Å². The number of rotatable bonds is 3. The number of hydrogen-bond acceptors (Lipinski definition) is 3. The highest BCUT2D eigenvalue weighted by molar-refractivity contribution is 5.76. The van der Waals surface area contributed by atoms with E-state index in [0.29, 0.717) is 12.5 Å². The summed E-state index contributed by atoms with van der Waals surface area (Å²) in [4.78, 5) is 11.4. The normalized spacial score (nSPS) is 28.4. The predicted molar refractivity (Wildman–Crippen MR) is 54.6 cm³/mol. The highest BCUT2D eigenvalue weighted by Crippen LogP contribution is 2.10. The quantitative estimate of drug-likeness (QED) is 0.682. The Morgan fingerprint density at radius 2 is 2.29 bits per heavy atom. The van der Waals surface area contributed by atoms with E-state index >= 15 is 0 Å². The third-order valence-corrected chi connectivity index (χ3v) is 3.03. The Balaban J connectivity index is 1.70. The molecule has 80 valence electrons. The minimum absolute atomic E-state index is 0.259. The van der Waals surface area contributed by atoms with E-state index in [1.807, 2.05) is 0 Å². The number of nitrogens with zero attached hydrogens (tertiary/aromatic N) is 1. The molecule has 0 spiro atoms. The van der Waals surface area contributed by atoms with E-state index in [9.17, 15) is 4.79 Å². The fourth-order valence-electron chi connectivity index (χ4n) is 2.17. The summed E-state index contributed by atoms with van der Waals surface area (Å²) in [6.07, 6.45) is 5.33. The Hall–Kier alpha value is -0.610. The summed E-state index contributed by atoms with van der Waals surface area (Å²) in [5.74, 6) is 0.259. The summed E-state index contributed by atoms with van der Waals surface area (Å²) in [5, 5.41) is 5.24. The maximum absolute atomic E-state index is 11.4. The van der Waals surface area contributed by atoms with Crippen LogP contribution in [-0.2, 0) is 4.79 Å². The smallest absolute Gasteiger partial charge is 0.236 e. The molecule has 2 rings (SSSR count). The summed E-state index contributed by atoms with van der Waals surface area (Å²) in [7, 11) is 0. The molecular formula is C10H19N3O. The lowest BCUT2D eigenvalue weighted by atomic mass is 10.1. The summed E-state index contributed by atoms with van der Waals surface area (Å²) in [5.41, 5.74) is 3.15. The van der Waals surface area contributed by atoms with Gasteiger partial charge in [-0.05, 0) is 32.2 Å². The van der Waals surface area contributed by atoms with E-state index < -0.39 is 0 Å². The Morgan fingerprint density at radius 1 is 1.36 bits per heavy atom. The van der Waals surface area contributed by atoms with Gasteiger partial charge in [0.25, 0.3) is 0 Å². The molecule has 1 atom stereocenters. The first-order chi connectivity index (χ1) is 6.86. The number of carbonyl (C=O) groups is 1. The first-order valence-corrected chi connectivity index (χ1v) is 5.63. The van der Waals surface area contributed by atoms with Gasteiger partial charge in [0.15, 0.2) is 0 Å². The lowest BCUT2D eigenvalue weighted by Gasteiger charge is -2.28. The van der Waals surface area contributed by atoms with E-state index in [4.69, 9.17) is 0 Å². The first kappa shape index (κ1) is 9.93. The standard InChI is InChI=1S/C10H19N3O/c14-10-4-2-7-12-13(10)8-5-9-3-1-6-11-9/h9,11-12H,1-8H2. The van der Waals surface area contributed by atoms with Gasteiger partial charge in [-0.25, -0.2) is 5.43 Å². The largest absolute Gasteiger partial charge is 0.314 e. The number of amides is 1. The molecule has 0 radical (unpaired) electrons. The molecule has 0 aliphatic carbocycles. The highest BCUT2D eigenvalue weighted by atomic mass is 16.2. The average Bonchev–Trinajstić information content (AvgIpc) is 2.69. The lowest BCUT2D eigenvalue weighted by Crippen LogP contribution is -2.48. The van der Waals surface area contributed by atoms with Gasteiger partial charge in [-0.3, -0.25) is 9.80 Å². The fraction of sp³-hybridized carbons (Fsp3) is 0.900. The molecule has 14 heavy (non-hydrogen) atoms. The third-order valence-electron chi connectivity index (χ3n) is 3.03. The third kappa shape index (κ3) is 2.45. The van der Waals surface area contributed by atoms with Crippen LogP contribution in [0, 0.1) is 0 Å². The van der Waals surface area contributed by atoms with Gasteiger partial charge in [-0.1, -0.05) is 0 Å². The van der Waals surface area contributed by atoms with Crippen LogP contribution < -0.4 is 10.7 Å². The zero-order valence-electron chi connectivity index (χ0n) is 8.59. The van der Waals surface area contributed by atoms with E-state index in [2.05, 4.69) is 10.7 Å². The first-order valence-electron chi connectivity index (χ1n) is 5.63. The Morgan fingerprint density at radius 3 is 3.00 bits per heavy atom. The van der Waals surface area contributed by atoms with E-state index in [1.54, 1.807) is 5.01 Å². The molecule has 2 saturated heterocycles. The lowest BCUT2D eigenvalue weighted by molar-refractivity contribution is -0.137. The highest BCUT2D eigenvalue weighted by Gasteiger charge is 2.20. The van der Waals surface area contributed by atoms with Crippen LogP contribution in [0.25, 0.3) is 0 Å². The minimum Gasteiger partial charge on any atom is -0.314 e. The summed E-state index contributed by atoms with van der Waals surface area (Å²) in [6, 6.07) is 0.631. The van der Waals surface area contributed by atoms with Crippen LogP contribution in [0.2, 0.25) is 0 Å². The van der Waals surface area contributed by atoms with Gasteiger partial charge in [0, 0.05) is 25.6 Å². The molecule has 2 fully saturated rings. The molecule has 4 nitrogen and oxygen atoms in total. The second-order valence-electron chi connectivity index (χ2n) is 4.14. The molecule has 0 aromatic carbocycles. The SMILES string of the molecule is O=C1CCCNN1CCC1CCCN1. The van der Waals surface area contributed by atoms with Crippen molar-refractivity contribution in [1.82, 2.24) is 15.8 Å². The van der Waals surface area contributed by atoms with Crippen LogP contribution in [0.3, 0.4) is 0 Å². The van der Waals surface area contributed by atoms with Crippen LogP contribution in [-0.4, -0.2) is 36.6 Å². The molecular weight excluding hydrogens is 178 g/mol. The van der Waals surface area contributed by atoms with Crippen molar-refractivity contribution >= 4 is 5.91 Å². The Kier molecular flexibility index (Phi) is 3.37. The van der Waals surface area contributed by atoms with Gasteiger partial charge >= 0.3 is 0 Å². The van der Waals surface area contributed by atoms with Crippen molar-refractivity contribution < 1.29 is 4.79 Å². The van der Waals surface area contributed by atoms with Crippen LogP contribution >= 0.6 is 0 Å². The monoisotopic (exact) mass is 197 g/mol. The minimum atomic E-state index is 0.259. The molecule has 2 heterocycles. The van der Waals surface area contributed by atoms with E-state index in [-0.39, 0.29) is 5.91 Å². The van der Waals surface area contributed by atoms with Crippen LogP contribution in [0.1, 0.15) is 32.1 Å². The molecule has 0 aromatic heterocycles. The topological polar surface area (TPSA) is 44.4 Å². The fourth-order valence-corrected chi connectivity index (χ4v) is 2.17. The van der Waals surface area contributed by atoms with Gasteiger partial charge < -0.3 is 5.32 Å². The molecule has 2 aliphatic rings. The Labute approximate surface area is 85.0 Å². The zero-order valence-corrected chi connectivity index (χ0v) is 8.59. The zero-order chi connectivity index (χ0) is 9.80. The molecule has 1 unspecified atom stereocenters. The maximum Gasteiger partial charge on any atom is 0.236 e. The summed E-state index contributed by atoms with van der Waals surface area (Å²) < 4.78 is 0. The van der Waals surface area contributed by atoms with Crippen LogP contribution in [0.15, 0.2) is 0 Å². The molecule has 0 bridgehead atoms. The molecule has 0 saturated carbocycles. The van der Waals surface area contributed by atoms with E-state index in [1.165, 1.54) is 12.8 Å². The van der Waals surface area contributed by atoms with E-state index in [0.717, 1.165) is 32.5 Å². The Bertz CT molecular complexity index is 202. The van der Waals surface area contributed by atoms with Crippen molar-refractivity contribution in [1.29, 1.82) is 0 Å². The summed E-state index contributed by atoms with van der Waals surface area (Å²) in [6.45, 7) is 2.95. The van der Waals surface area contributed by atoms with Crippen molar-refractivity contribution in [2.75, 3.05) is 19.6 Å².